The lowest BCUT2D eigenvalue weighted by Crippen LogP contribution is -2.29. The number of allylic oxidation sites excluding steroid dienone is 4. The average Bonchev–Trinajstić information content (AvgIpc) is 3.05. The summed E-state index contributed by atoms with van der Waals surface area (Å²) in [5.74, 6) is -0.894. The molecule has 1 atom stereocenters. The molecule has 0 rings (SSSR count). The summed E-state index contributed by atoms with van der Waals surface area (Å²) in [6.07, 6.45) is 38.9. The van der Waals surface area contributed by atoms with Crippen molar-refractivity contribution in [2.45, 2.75) is 200 Å². The fourth-order valence-corrected chi connectivity index (χ4v) is 5.87. The highest BCUT2D eigenvalue weighted by atomic mass is 31.2. The predicted octanol–water partition coefficient (Wildman–Crippen LogP) is 11.6. The first kappa shape index (κ1) is 46.5. The molecule has 0 fully saturated rings. The van der Waals surface area contributed by atoms with Crippen LogP contribution in [0.3, 0.4) is 0 Å². The zero-order valence-corrected chi connectivity index (χ0v) is 31.8. The number of esters is 2. The topological polar surface area (TPSA) is 119 Å². The number of unbranched alkanes of at least 4 members (excludes halogenated alkanes) is 22. The summed E-state index contributed by atoms with van der Waals surface area (Å²) < 4.78 is 26.3. The van der Waals surface area contributed by atoms with Crippen LogP contribution in [0.4, 0.5) is 0 Å². The quantitative estimate of drug-likeness (QED) is 0.0287. The largest absolute Gasteiger partial charge is 0.469 e. The second-order valence-corrected chi connectivity index (χ2v) is 14.5. The maximum absolute atomic E-state index is 12.4. The Balaban J connectivity index is 3.94. The Morgan fingerprint density at radius 3 is 1.44 bits per heavy atom. The van der Waals surface area contributed by atoms with Crippen LogP contribution in [0.5, 0.6) is 0 Å². The molecule has 0 radical (unpaired) electrons. The van der Waals surface area contributed by atoms with Gasteiger partial charge in [-0.2, -0.15) is 0 Å². The third kappa shape index (κ3) is 37.4. The molecule has 0 aliphatic rings. The van der Waals surface area contributed by atoms with Crippen LogP contribution in [-0.2, 0) is 28.2 Å². The number of phosphoric acid groups is 1. The summed E-state index contributed by atoms with van der Waals surface area (Å²) in [6, 6.07) is 0. The van der Waals surface area contributed by atoms with Gasteiger partial charge in [0.15, 0.2) is 6.10 Å². The molecule has 0 heterocycles. The summed E-state index contributed by atoms with van der Waals surface area (Å²) in [5, 5.41) is 0. The molecule has 0 aromatic carbocycles. The summed E-state index contributed by atoms with van der Waals surface area (Å²) in [6.45, 7) is 3.64. The lowest BCUT2D eigenvalue weighted by molar-refractivity contribution is -0.161. The Hall–Kier alpha value is -1.47. The molecule has 0 bridgehead atoms. The maximum Gasteiger partial charge on any atom is 0.469 e. The Morgan fingerprint density at radius 1 is 0.542 bits per heavy atom. The van der Waals surface area contributed by atoms with Gasteiger partial charge in [-0.25, -0.2) is 4.57 Å². The number of rotatable bonds is 36. The number of ether oxygens (including phenoxy) is 2. The monoisotopic (exact) mass is 701 g/mol. The normalized spacial score (nSPS) is 12.7. The van der Waals surface area contributed by atoms with E-state index in [-0.39, 0.29) is 19.4 Å². The summed E-state index contributed by atoms with van der Waals surface area (Å²) in [7, 11) is -4.75. The van der Waals surface area contributed by atoms with E-state index in [2.05, 4.69) is 42.7 Å². The van der Waals surface area contributed by atoms with Gasteiger partial charge in [0.2, 0.25) is 0 Å². The number of carbonyl (C=O) groups excluding carboxylic acids is 2. The van der Waals surface area contributed by atoms with Crippen LogP contribution in [-0.4, -0.2) is 41.0 Å². The van der Waals surface area contributed by atoms with Crippen LogP contribution in [0.2, 0.25) is 0 Å². The van der Waals surface area contributed by atoms with Crippen molar-refractivity contribution in [3.05, 3.63) is 24.3 Å². The van der Waals surface area contributed by atoms with E-state index in [0.717, 1.165) is 64.2 Å². The second kappa shape index (κ2) is 35.4. The molecule has 0 aliphatic heterocycles. The van der Waals surface area contributed by atoms with Gasteiger partial charge < -0.3 is 19.3 Å². The zero-order chi connectivity index (χ0) is 35.4. The van der Waals surface area contributed by atoms with Crippen LogP contribution in [0.25, 0.3) is 0 Å². The van der Waals surface area contributed by atoms with Crippen molar-refractivity contribution in [1.82, 2.24) is 0 Å². The number of hydrogen-bond donors (Lipinski definition) is 2. The molecular weight excluding hydrogens is 627 g/mol. The third-order valence-corrected chi connectivity index (χ3v) is 8.96. The van der Waals surface area contributed by atoms with Gasteiger partial charge in [-0.3, -0.25) is 14.1 Å². The molecule has 0 saturated heterocycles. The molecule has 0 aromatic heterocycles. The van der Waals surface area contributed by atoms with Crippen molar-refractivity contribution in [3.63, 3.8) is 0 Å². The zero-order valence-electron chi connectivity index (χ0n) is 30.9. The molecule has 8 nitrogen and oxygen atoms in total. The highest BCUT2D eigenvalue weighted by Gasteiger charge is 2.22. The Kier molecular flexibility index (Phi) is 34.3. The van der Waals surface area contributed by atoms with Crippen LogP contribution in [0.1, 0.15) is 194 Å². The van der Waals surface area contributed by atoms with E-state index in [4.69, 9.17) is 19.3 Å². The second-order valence-electron chi connectivity index (χ2n) is 13.3. The van der Waals surface area contributed by atoms with Crippen molar-refractivity contribution < 1.29 is 37.9 Å². The summed E-state index contributed by atoms with van der Waals surface area (Å²) in [5.41, 5.74) is 0. The first-order chi connectivity index (χ1) is 23.3. The molecule has 282 valence electrons. The lowest BCUT2D eigenvalue weighted by Gasteiger charge is -2.18. The summed E-state index contributed by atoms with van der Waals surface area (Å²) >= 11 is 0. The Labute approximate surface area is 294 Å². The van der Waals surface area contributed by atoms with E-state index >= 15 is 0 Å². The molecule has 0 amide bonds. The smallest absolute Gasteiger partial charge is 0.462 e. The fourth-order valence-electron chi connectivity index (χ4n) is 5.51. The van der Waals surface area contributed by atoms with E-state index in [1.54, 1.807) is 0 Å². The van der Waals surface area contributed by atoms with E-state index in [9.17, 15) is 14.2 Å². The number of phosphoric ester groups is 1. The van der Waals surface area contributed by atoms with Gasteiger partial charge in [0.25, 0.3) is 0 Å². The van der Waals surface area contributed by atoms with Gasteiger partial charge in [0.05, 0.1) is 6.61 Å². The van der Waals surface area contributed by atoms with Crippen molar-refractivity contribution in [3.8, 4) is 0 Å². The highest BCUT2D eigenvalue weighted by molar-refractivity contribution is 7.46. The molecular formula is C39H73O8P. The van der Waals surface area contributed by atoms with Crippen molar-refractivity contribution in [2.24, 2.45) is 0 Å². The van der Waals surface area contributed by atoms with E-state index in [0.29, 0.717) is 6.42 Å². The fraction of sp³-hybridized carbons (Fsp3) is 0.846. The van der Waals surface area contributed by atoms with E-state index in [1.807, 2.05) is 0 Å². The predicted molar refractivity (Wildman–Crippen MR) is 198 cm³/mol. The minimum atomic E-state index is -4.75. The molecule has 0 spiro atoms. The van der Waals surface area contributed by atoms with Crippen LogP contribution in [0.15, 0.2) is 24.3 Å². The molecule has 48 heavy (non-hydrogen) atoms. The van der Waals surface area contributed by atoms with Crippen molar-refractivity contribution >= 4 is 19.8 Å². The summed E-state index contributed by atoms with van der Waals surface area (Å²) in [4.78, 5) is 42.7. The SMILES string of the molecule is CCCC/C=C/C/C=C/CCCCCCCC(=O)O[C@H](COC(=O)CCCCCCCCCCCCCCCCCC)COP(=O)(O)O. The van der Waals surface area contributed by atoms with Gasteiger partial charge in [-0.1, -0.05) is 167 Å². The third-order valence-electron chi connectivity index (χ3n) is 8.47. The minimum Gasteiger partial charge on any atom is -0.462 e. The van der Waals surface area contributed by atoms with Crippen LogP contribution >= 0.6 is 7.82 Å². The molecule has 0 aliphatic carbocycles. The Bertz CT molecular complexity index is 838. The lowest BCUT2D eigenvalue weighted by atomic mass is 10.0. The standard InChI is InChI=1S/C39H73O8P/c1-3-5-7-9-11-13-15-17-19-20-22-23-25-27-29-31-33-38(40)45-35-37(36-46-48(42,43)44)47-39(41)34-32-30-28-26-24-21-18-16-14-12-10-8-6-4-2/h10,12,16,18,37H,3-9,11,13-15,17,19-36H2,1-2H3,(H2,42,43,44)/b12-10+,18-16+/t37-/m1/s1. The highest BCUT2D eigenvalue weighted by Crippen LogP contribution is 2.36. The van der Waals surface area contributed by atoms with Crippen molar-refractivity contribution in [2.75, 3.05) is 13.2 Å². The maximum atomic E-state index is 12.4. The van der Waals surface area contributed by atoms with Gasteiger partial charge in [0.1, 0.15) is 6.61 Å². The molecule has 9 heteroatoms. The Morgan fingerprint density at radius 2 is 0.958 bits per heavy atom. The minimum absolute atomic E-state index is 0.198. The molecule has 2 N–H and O–H groups in total. The van der Waals surface area contributed by atoms with Crippen LogP contribution in [0, 0.1) is 0 Å². The van der Waals surface area contributed by atoms with Gasteiger partial charge >= 0.3 is 19.8 Å². The van der Waals surface area contributed by atoms with Gasteiger partial charge in [-0.05, 0) is 38.5 Å². The van der Waals surface area contributed by atoms with Crippen LogP contribution < -0.4 is 0 Å². The molecule has 0 aromatic rings. The number of hydrogen-bond acceptors (Lipinski definition) is 6. The number of carbonyl (C=O) groups is 2. The first-order valence-electron chi connectivity index (χ1n) is 19.6. The average molecular weight is 701 g/mol. The molecule has 0 unspecified atom stereocenters. The van der Waals surface area contributed by atoms with Gasteiger partial charge in [0, 0.05) is 12.8 Å². The van der Waals surface area contributed by atoms with E-state index in [1.165, 1.54) is 96.3 Å². The van der Waals surface area contributed by atoms with Gasteiger partial charge in [-0.15, -0.1) is 0 Å². The molecule has 0 saturated carbocycles. The van der Waals surface area contributed by atoms with Crippen molar-refractivity contribution in [1.29, 1.82) is 0 Å². The first-order valence-corrected chi connectivity index (χ1v) is 21.2. The van der Waals surface area contributed by atoms with E-state index < -0.39 is 32.5 Å².